The van der Waals surface area contributed by atoms with Crippen LogP contribution in [0.3, 0.4) is 0 Å². The monoisotopic (exact) mass is 471 g/mol. The van der Waals surface area contributed by atoms with Crippen LogP contribution in [0, 0.1) is 0 Å². The number of halogens is 3. The Kier molecular flexibility index (Phi) is 6.99. The topological polar surface area (TPSA) is 79.0 Å². The lowest BCUT2D eigenvalue weighted by atomic mass is 10.1. The maximum Gasteiger partial charge on any atom is 0.416 e. The van der Waals surface area contributed by atoms with Gasteiger partial charge in [0.05, 0.1) is 23.1 Å². The molecule has 3 rings (SSSR count). The molecule has 1 aliphatic heterocycles. The Morgan fingerprint density at radius 1 is 1.09 bits per heavy atom. The van der Waals surface area contributed by atoms with Crippen molar-refractivity contribution < 1.29 is 31.1 Å². The number of amides is 1. The molecule has 0 bridgehead atoms. The third kappa shape index (κ3) is 4.99. The minimum absolute atomic E-state index is 0.0490. The van der Waals surface area contributed by atoms with Crippen LogP contribution >= 0.6 is 0 Å². The number of hydrogen-bond donors (Lipinski definition) is 1. The van der Waals surface area contributed by atoms with Crippen molar-refractivity contribution in [2.45, 2.75) is 18.0 Å². The number of nitrogens with one attached hydrogen (secondary N) is 1. The van der Waals surface area contributed by atoms with Crippen molar-refractivity contribution in [1.82, 2.24) is 9.62 Å². The van der Waals surface area contributed by atoms with Crippen LogP contribution in [0.15, 0.2) is 47.4 Å². The number of hydrogen-bond acceptors (Lipinski definition) is 5. The van der Waals surface area contributed by atoms with Gasteiger partial charge in [0.1, 0.15) is 5.75 Å². The number of benzene rings is 2. The van der Waals surface area contributed by atoms with Crippen LogP contribution in [-0.2, 0) is 16.2 Å². The van der Waals surface area contributed by atoms with Crippen LogP contribution < -0.4 is 15.0 Å². The quantitative estimate of drug-likeness (QED) is 0.701. The summed E-state index contributed by atoms with van der Waals surface area (Å²) in [5.41, 5.74) is -0.251. The molecule has 1 N–H and O–H groups in total. The van der Waals surface area contributed by atoms with Gasteiger partial charge < -0.3 is 15.0 Å². The molecule has 32 heavy (non-hydrogen) atoms. The Bertz CT molecular complexity index is 1080. The molecule has 174 valence electrons. The fraction of sp³-hybridized carbons (Fsp3) is 0.381. The second-order valence-corrected chi connectivity index (χ2v) is 9.10. The molecular formula is C21H24F3N3O4S. The van der Waals surface area contributed by atoms with Gasteiger partial charge in [-0.15, -0.1) is 0 Å². The fourth-order valence-corrected chi connectivity index (χ4v) is 4.94. The standard InChI is InChI=1S/C21H24F3N3O4S/c1-3-25-20(28)18-14-17(7-8-19(18)31-2)32(29,30)27-11-9-26(10-12-27)16-6-4-5-15(13-16)21(22,23)24/h4-8,13-14H,3,9-12H2,1-2H3,(H,25,28). The summed E-state index contributed by atoms with van der Waals surface area (Å²) in [7, 11) is -2.52. The van der Waals surface area contributed by atoms with Crippen molar-refractivity contribution in [3.8, 4) is 5.75 Å². The van der Waals surface area contributed by atoms with Gasteiger partial charge in [-0.25, -0.2) is 8.42 Å². The number of methoxy groups -OCH3 is 1. The van der Waals surface area contributed by atoms with Crippen molar-refractivity contribution in [2.24, 2.45) is 0 Å². The highest BCUT2D eigenvalue weighted by atomic mass is 32.2. The maximum absolute atomic E-state index is 13.1. The van der Waals surface area contributed by atoms with Crippen molar-refractivity contribution in [3.05, 3.63) is 53.6 Å². The van der Waals surface area contributed by atoms with Crippen molar-refractivity contribution in [3.63, 3.8) is 0 Å². The molecule has 0 saturated carbocycles. The first kappa shape index (κ1) is 23.9. The molecule has 1 aliphatic rings. The summed E-state index contributed by atoms with van der Waals surface area (Å²) < 4.78 is 71.7. The summed E-state index contributed by atoms with van der Waals surface area (Å²) in [6, 6.07) is 9.04. The van der Waals surface area contributed by atoms with Crippen LogP contribution in [0.25, 0.3) is 0 Å². The summed E-state index contributed by atoms with van der Waals surface area (Å²) >= 11 is 0. The second-order valence-electron chi connectivity index (χ2n) is 7.16. The van der Waals surface area contributed by atoms with E-state index in [1.54, 1.807) is 17.9 Å². The number of ether oxygens (including phenoxy) is 1. The Balaban J connectivity index is 1.78. The maximum atomic E-state index is 13.1. The zero-order chi connectivity index (χ0) is 23.5. The van der Waals surface area contributed by atoms with Crippen molar-refractivity contribution in [1.29, 1.82) is 0 Å². The third-order valence-electron chi connectivity index (χ3n) is 5.17. The zero-order valence-corrected chi connectivity index (χ0v) is 18.5. The number of carbonyl (C=O) groups is 1. The van der Waals surface area contributed by atoms with Crippen molar-refractivity contribution >= 4 is 21.6 Å². The van der Waals surface area contributed by atoms with Crippen LogP contribution in [0.1, 0.15) is 22.8 Å². The van der Waals surface area contributed by atoms with E-state index >= 15 is 0 Å². The molecular weight excluding hydrogens is 447 g/mol. The lowest BCUT2D eigenvalue weighted by Crippen LogP contribution is -2.48. The van der Waals surface area contributed by atoms with Crippen LogP contribution in [0.4, 0.5) is 18.9 Å². The van der Waals surface area contributed by atoms with Gasteiger partial charge in [-0.1, -0.05) is 6.07 Å². The van der Waals surface area contributed by atoms with E-state index in [0.717, 1.165) is 12.1 Å². The van der Waals surface area contributed by atoms with E-state index < -0.39 is 27.7 Å². The van der Waals surface area contributed by atoms with Crippen LogP contribution in [0.5, 0.6) is 5.75 Å². The van der Waals surface area contributed by atoms with E-state index in [9.17, 15) is 26.4 Å². The lowest BCUT2D eigenvalue weighted by Gasteiger charge is -2.35. The number of nitrogens with zero attached hydrogens (tertiary/aromatic N) is 2. The molecule has 7 nitrogen and oxygen atoms in total. The largest absolute Gasteiger partial charge is 0.496 e. The Hall–Kier alpha value is -2.79. The Morgan fingerprint density at radius 3 is 2.38 bits per heavy atom. The number of carbonyl (C=O) groups excluding carboxylic acids is 1. The van der Waals surface area contributed by atoms with E-state index in [1.807, 2.05) is 0 Å². The average molecular weight is 472 g/mol. The summed E-state index contributed by atoms with van der Waals surface area (Å²) in [6.45, 7) is 2.78. The molecule has 2 aromatic carbocycles. The van der Waals surface area contributed by atoms with Gasteiger partial charge in [-0.05, 0) is 43.3 Å². The SMILES string of the molecule is CCNC(=O)c1cc(S(=O)(=O)N2CCN(c3cccc(C(F)(F)F)c3)CC2)ccc1OC. The van der Waals surface area contributed by atoms with Crippen LogP contribution in [0.2, 0.25) is 0 Å². The number of alkyl halides is 3. The highest BCUT2D eigenvalue weighted by Gasteiger charge is 2.33. The minimum Gasteiger partial charge on any atom is -0.496 e. The molecule has 2 aromatic rings. The van der Waals surface area contributed by atoms with E-state index in [1.165, 1.54) is 35.7 Å². The van der Waals surface area contributed by atoms with E-state index in [4.69, 9.17) is 4.74 Å². The predicted molar refractivity (Wildman–Crippen MR) is 113 cm³/mol. The minimum atomic E-state index is -4.45. The number of piperazine rings is 1. The normalized spacial score (nSPS) is 15.5. The second kappa shape index (κ2) is 9.37. The van der Waals surface area contributed by atoms with Gasteiger partial charge >= 0.3 is 6.18 Å². The van der Waals surface area contributed by atoms with E-state index in [0.29, 0.717) is 12.2 Å². The highest BCUT2D eigenvalue weighted by Crippen LogP contribution is 2.32. The molecule has 0 aliphatic carbocycles. The predicted octanol–water partition coefficient (Wildman–Crippen LogP) is 2.97. The van der Waals surface area contributed by atoms with Crippen molar-refractivity contribution in [2.75, 3.05) is 44.7 Å². The molecule has 1 amide bonds. The molecule has 0 spiro atoms. The van der Waals surface area contributed by atoms with Gasteiger partial charge in [-0.2, -0.15) is 17.5 Å². The molecule has 1 heterocycles. The molecule has 0 aromatic heterocycles. The van der Waals surface area contributed by atoms with Gasteiger partial charge in [0.2, 0.25) is 10.0 Å². The summed E-state index contributed by atoms with van der Waals surface area (Å²) in [5, 5.41) is 2.62. The van der Waals surface area contributed by atoms with E-state index in [-0.39, 0.29) is 42.4 Å². The number of anilines is 1. The first-order valence-electron chi connectivity index (χ1n) is 9.96. The summed E-state index contributed by atoms with van der Waals surface area (Å²) in [5.74, 6) is -0.194. The number of rotatable bonds is 6. The van der Waals surface area contributed by atoms with Gasteiger partial charge in [0.25, 0.3) is 5.91 Å². The molecule has 1 fully saturated rings. The summed E-state index contributed by atoms with van der Waals surface area (Å²) in [4.78, 5) is 14.0. The Morgan fingerprint density at radius 2 is 1.78 bits per heavy atom. The third-order valence-corrected chi connectivity index (χ3v) is 7.06. The first-order chi connectivity index (χ1) is 15.1. The number of sulfonamides is 1. The highest BCUT2D eigenvalue weighted by molar-refractivity contribution is 7.89. The molecule has 0 unspecified atom stereocenters. The molecule has 1 saturated heterocycles. The average Bonchev–Trinajstić information content (AvgIpc) is 2.78. The Labute approximate surface area is 184 Å². The van der Waals surface area contributed by atoms with Gasteiger partial charge in [0.15, 0.2) is 0 Å². The summed E-state index contributed by atoms with van der Waals surface area (Å²) in [6.07, 6.45) is -4.45. The molecule has 11 heteroatoms. The van der Waals surface area contributed by atoms with Crippen LogP contribution in [-0.4, -0.2) is 58.5 Å². The zero-order valence-electron chi connectivity index (χ0n) is 17.6. The fourth-order valence-electron chi connectivity index (χ4n) is 3.50. The molecule has 0 atom stereocenters. The first-order valence-corrected chi connectivity index (χ1v) is 11.4. The van der Waals surface area contributed by atoms with E-state index in [2.05, 4.69) is 5.32 Å². The van der Waals surface area contributed by atoms with Gasteiger partial charge in [0, 0.05) is 38.4 Å². The lowest BCUT2D eigenvalue weighted by molar-refractivity contribution is -0.137. The molecule has 0 radical (unpaired) electrons. The smallest absolute Gasteiger partial charge is 0.416 e. The van der Waals surface area contributed by atoms with Gasteiger partial charge in [-0.3, -0.25) is 4.79 Å².